The van der Waals surface area contributed by atoms with Crippen molar-refractivity contribution in [3.05, 3.63) is 35.4 Å². The summed E-state index contributed by atoms with van der Waals surface area (Å²) >= 11 is 0. The van der Waals surface area contributed by atoms with E-state index in [0.29, 0.717) is 13.2 Å². The topological polar surface area (TPSA) is 50.4 Å². The molecule has 21 heavy (non-hydrogen) atoms. The van der Waals surface area contributed by atoms with Gasteiger partial charge >= 0.3 is 0 Å². The molecule has 1 aliphatic rings. The smallest absolute Gasteiger partial charge is 0.223 e. The average Bonchev–Trinajstić information content (AvgIpc) is 2.54. The summed E-state index contributed by atoms with van der Waals surface area (Å²) in [5.41, 5.74) is 2.31. The summed E-state index contributed by atoms with van der Waals surface area (Å²) in [6, 6.07) is 8.16. The number of piperidine rings is 1. The number of benzene rings is 1. The highest BCUT2D eigenvalue weighted by Crippen LogP contribution is 2.13. The molecule has 1 aromatic carbocycles. The van der Waals surface area contributed by atoms with Crippen molar-refractivity contribution < 1.29 is 9.53 Å². The van der Waals surface area contributed by atoms with Crippen molar-refractivity contribution in [3.8, 4) is 0 Å². The van der Waals surface area contributed by atoms with Crippen LogP contribution in [0.2, 0.25) is 0 Å². The fourth-order valence-electron chi connectivity index (χ4n) is 2.61. The minimum atomic E-state index is 0.162. The zero-order chi connectivity index (χ0) is 14.9. The molecule has 0 aliphatic carbocycles. The molecule has 2 N–H and O–H groups in total. The fourth-order valence-corrected chi connectivity index (χ4v) is 2.61. The molecule has 1 amide bonds. The second-order valence-electron chi connectivity index (χ2n) is 5.56. The quantitative estimate of drug-likeness (QED) is 0.757. The van der Waals surface area contributed by atoms with Crippen molar-refractivity contribution in [1.82, 2.24) is 10.6 Å². The lowest BCUT2D eigenvalue weighted by Gasteiger charge is -2.22. The maximum Gasteiger partial charge on any atom is 0.223 e. The summed E-state index contributed by atoms with van der Waals surface area (Å²) in [4.78, 5) is 12.2. The van der Waals surface area contributed by atoms with Crippen LogP contribution in [-0.2, 0) is 22.7 Å². The number of hydrogen-bond donors (Lipinski definition) is 2. The first kappa shape index (κ1) is 16.0. The summed E-state index contributed by atoms with van der Waals surface area (Å²) in [6.45, 7) is 5.97. The number of hydrogen-bond acceptors (Lipinski definition) is 3. The Hall–Kier alpha value is -1.39. The number of ether oxygens (including phenoxy) is 1. The zero-order valence-electron chi connectivity index (χ0n) is 12.9. The lowest BCUT2D eigenvalue weighted by molar-refractivity contribution is -0.125. The van der Waals surface area contributed by atoms with Crippen molar-refractivity contribution in [2.45, 2.75) is 39.3 Å². The van der Waals surface area contributed by atoms with Gasteiger partial charge in [0.05, 0.1) is 6.61 Å². The highest BCUT2D eigenvalue weighted by atomic mass is 16.5. The van der Waals surface area contributed by atoms with E-state index in [2.05, 4.69) is 29.7 Å². The van der Waals surface area contributed by atoms with Gasteiger partial charge in [-0.05, 0) is 43.5 Å². The molecule has 0 radical (unpaired) electrons. The minimum absolute atomic E-state index is 0.162. The van der Waals surface area contributed by atoms with Crippen molar-refractivity contribution in [2.24, 2.45) is 5.92 Å². The first-order valence-corrected chi connectivity index (χ1v) is 7.94. The molecule has 4 nitrogen and oxygen atoms in total. The second kappa shape index (κ2) is 8.80. The molecule has 116 valence electrons. The van der Waals surface area contributed by atoms with Gasteiger partial charge in [-0.1, -0.05) is 31.2 Å². The van der Waals surface area contributed by atoms with E-state index in [0.717, 1.165) is 50.1 Å². The van der Waals surface area contributed by atoms with E-state index in [9.17, 15) is 4.79 Å². The monoisotopic (exact) mass is 290 g/mol. The van der Waals surface area contributed by atoms with Crippen molar-refractivity contribution in [3.63, 3.8) is 0 Å². The molecule has 0 atom stereocenters. The van der Waals surface area contributed by atoms with Crippen LogP contribution in [0.4, 0.5) is 0 Å². The second-order valence-corrected chi connectivity index (χ2v) is 5.56. The molecule has 4 heteroatoms. The van der Waals surface area contributed by atoms with Crippen LogP contribution in [0.25, 0.3) is 0 Å². The van der Waals surface area contributed by atoms with Crippen LogP contribution in [-0.4, -0.2) is 25.6 Å². The summed E-state index contributed by atoms with van der Waals surface area (Å²) in [5.74, 6) is 0.343. The summed E-state index contributed by atoms with van der Waals surface area (Å²) < 4.78 is 5.61. The lowest BCUT2D eigenvalue weighted by Crippen LogP contribution is -2.38. The zero-order valence-corrected chi connectivity index (χ0v) is 12.9. The molecule has 1 aromatic rings. The van der Waals surface area contributed by atoms with Crippen LogP contribution >= 0.6 is 0 Å². The third-order valence-electron chi connectivity index (χ3n) is 3.89. The van der Waals surface area contributed by atoms with Crippen molar-refractivity contribution in [2.75, 3.05) is 19.7 Å². The van der Waals surface area contributed by atoms with Gasteiger partial charge in [-0.3, -0.25) is 4.79 Å². The normalized spacial score (nSPS) is 15.9. The predicted octanol–water partition coefficient (Wildman–Crippen LogP) is 2.23. The summed E-state index contributed by atoms with van der Waals surface area (Å²) in [7, 11) is 0. The molecule has 0 aromatic heterocycles. The Balaban J connectivity index is 1.85. The highest BCUT2D eigenvalue weighted by molar-refractivity contribution is 5.78. The van der Waals surface area contributed by atoms with Gasteiger partial charge in [0.1, 0.15) is 0 Å². The SMILES string of the molecule is CCCOCc1ccccc1CNC(=O)C1CCNCC1. The molecular weight excluding hydrogens is 264 g/mol. The van der Waals surface area contributed by atoms with E-state index >= 15 is 0 Å². The van der Waals surface area contributed by atoms with Crippen LogP contribution in [0, 0.1) is 5.92 Å². The van der Waals surface area contributed by atoms with Crippen LogP contribution in [0.3, 0.4) is 0 Å². The Morgan fingerprint density at radius 1 is 1.29 bits per heavy atom. The molecule has 0 bridgehead atoms. The Morgan fingerprint density at radius 2 is 2.00 bits per heavy atom. The van der Waals surface area contributed by atoms with Gasteiger partial charge in [-0.2, -0.15) is 0 Å². The number of rotatable bonds is 7. The number of carbonyl (C=O) groups excluding carboxylic acids is 1. The van der Waals surface area contributed by atoms with Gasteiger partial charge in [-0.25, -0.2) is 0 Å². The Morgan fingerprint density at radius 3 is 2.71 bits per heavy atom. The molecular formula is C17H26N2O2. The largest absolute Gasteiger partial charge is 0.377 e. The predicted molar refractivity (Wildman–Crippen MR) is 83.8 cm³/mol. The summed E-state index contributed by atoms with van der Waals surface area (Å²) in [5, 5.41) is 6.36. The van der Waals surface area contributed by atoms with Gasteiger partial charge < -0.3 is 15.4 Å². The van der Waals surface area contributed by atoms with E-state index in [1.165, 1.54) is 0 Å². The van der Waals surface area contributed by atoms with Crippen LogP contribution < -0.4 is 10.6 Å². The molecule has 1 aliphatic heterocycles. The van der Waals surface area contributed by atoms with E-state index in [-0.39, 0.29) is 11.8 Å². The molecule has 2 rings (SSSR count). The number of nitrogens with one attached hydrogen (secondary N) is 2. The third-order valence-corrected chi connectivity index (χ3v) is 3.89. The van der Waals surface area contributed by atoms with E-state index in [1.54, 1.807) is 0 Å². The van der Waals surface area contributed by atoms with Gasteiger partial charge in [0.25, 0.3) is 0 Å². The van der Waals surface area contributed by atoms with Crippen LogP contribution in [0.15, 0.2) is 24.3 Å². The van der Waals surface area contributed by atoms with Crippen LogP contribution in [0.5, 0.6) is 0 Å². The number of carbonyl (C=O) groups is 1. The first-order chi connectivity index (χ1) is 10.3. The molecule has 0 saturated carbocycles. The lowest BCUT2D eigenvalue weighted by atomic mass is 9.97. The van der Waals surface area contributed by atoms with Crippen molar-refractivity contribution in [1.29, 1.82) is 0 Å². The first-order valence-electron chi connectivity index (χ1n) is 7.94. The minimum Gasteiger partial charge on any atom is -0.377 e. The molecule has 1 heterocycles. The van der Waals surface area contributed by atoms with Gasteiger partial charge in [0, 0.05) is 19.1 Å². The molecule has 1 fully saturated rings. The van der Waals surface area contributed by atoms with Gasteiger partial charge in [-0.15, -0.1) is 0 Å². The fraction of sp³-hybridized carbons (Fsp3) is 0.588. The molecule has 0 unspecified atom stereocenters. The molecule has 1 saturated heterocycles. The Kier molecular flexibility index (Phi) is 6.70. The highest BCUT2D eigenvalue weighted by Gasteiger charge is 2.20. The average molecular weight is 290 g/mol. The van der Waals surface area contributed by atoms with E-state index in [1.807, 2.05) is 12.1 Å². The van der Waals surface area contributed by atoms with Gasteiger partial charge in [0.2, 0.25) is 5.91 Å². The van der Waals surface area contributed by atoms with Crippen LogP contribution in [0.1, 0.15) is 37.3 Å². The number of amides is 1. The summed E-state index contributed by atoms with van der Waals surface area (Å²) in [6.07, 6.45) is 2.90. The van der Waals surface area contributed by atoms with Gasteiger partial charge in [0.15, 0.2) is 0 Å². The molecule has 0 spiro atoms. The third kappa shape index (κ3) is 5.14. The van der Waals surface area contributed by atoms with Crippen molar-refractivity contribution >= 4 is 5.91 Å². The Labute approximate surface area is 127 Å². The maximum absolute atomic E-state index is 12.2. The van der Waals surface area contributed by atoms with E-state index < -0.39 is 0 Å². The maximum atomic E-state index is 12.2. The standard InChI is InChI=1S/C17H26N2O2/c1-2-11-21-13-16-6-4-3-5-15(16)12-19-17(20)14-7-9-18-10-8-14/h3-6,14,18H,2,7-13H2,1H3,(H,19,20). The Bertz CT molecular complexity index is 442. The van der Waals surface area contributed by atoms with E-state index in [4.69, 9.17) is 4.74 Å².